The van der Waals surface area contributed by atoms with Gasteiger partial charge in [-0.2, -0.15) is 5.10 Å². The van der Waals surface area contributed by atoms with Crippen molar-refractivity contribution in [2.75, 3.05) is 0 Å². The molecule has 0 radical (unpaired) electrons. The van der Waals surface area contributed by atoms with Crippen molar-refractivity contribution >= 4 is 17.9 Å². The van der Waals surface area contributed by atoms with E-state index in [-0.39, 0.29) is 5.54 Å². The summed E-state index contributed by atoms with van der Waals surface area (Å²) in [5, 5.41) is 4.93. The second kappa shape index (κ2) is 4.82. The number of nitrogens with zero attached hydrogens (tertiary/aromatic N) is 2. The van der Waals surface area contributed by atoms with Crippen LogP contribution in [0.2, 0.25) is 5.15 Å². The highest BCUT2D eigenvalue weighted by Gasteiger charge is 2.24. The Kier molecular flexibility index (Phi) is 3.50. The van der Waals surface area contributed by atoms with Crippen molar-refractivity contribution in [2.45, 2.75) is 33.2 Å². The minimum atomic E-state index is -0.268. The molecule has 0 saturated heterocycles. The van der Waals surface area contributed by atoms with E-state index in [2.05, 4.69) is 5.10 Å². The van der Waals surface area contributed by atoms with Gasteiger partial charge in [0.15, 0.2) is 6.29 Å². The summed E-state index contributed by atoms with van der Waals surface area (Å²) >= 11 is 6.29. The lowest BCUT2D eigenvalue weighted by Gasteiger charge is -2.20. The molecule has 1 heterocycles. The summed E-state index contributed by atoms with van der Waals surface area (Å²) in [6.07, 6.45) is 0.777. The average molecular weight is 277 g/mol. The highest BCUT2D eigenvalue weighted by molar-refractivity contribution is 6.32. The van der Waals surface area contributed by atoms with Gasteiger partial charge >= 0.3 is 0 Å². The predicted octanol–water partition coefficient (Wildman–Crippen LogP) is 4.08. The Balaban J connectivity index is 2.72. The smallest absolute Gasteiger partial charge is 0.155 e. The van der Waals surface area contributed by atoms with Gasteiger partial charge in [-0.1, -0.05) is 35.9 Å². The Bertz CT molecular complexity index is 624. The molecule has 0 unspecified atom stereocenters. The van der Waals surface area contributed by atoms with E-state index >= 15 is 0 Å². The Labute approximate surface area is 118 Å². The van der Waals surface area contributed by atoms with E-state index in [1.807, 2.05) is 52.0 Å². The molecule has 2 rings (SSSR count). The molecule has 0 saturated carbocycles. The van der Waals surface area contributed by atoms with Crippen LogP contribution in [0.5, 0.6) is 0 Å². The minimum absolute atomic E-state index is 0.268. The van der Waals surface area contributed by atoms with E-state index in [4.69, 9.17) is 11.6 Å². The summed E-state index contributed by atoms with van der Waals surface area (Å²) in [6, 6.07) is 7.84. The molecular formula is C15H17ClN2O. The van der Waals surface area contributed by atoms with Gasteiger partial charge < -0.3 is 0 Å². The molecule has 0 atom stereocenters. The number of aromatic nitrogens is 2. The fraction of sp³-hybridized carbons (Fsp3) is 0.333. The number of halogens is 1. The van der Waals surface area contributed by atoms with Gasteiger partial charge in [-0.05, 0) is 33.3 Å². The first-order valence-corrected chi connectivity index (χ1v) is 6.54. The van der Waals surface area contributed by atoms with Gasteiger partial charge in [0.1, 0.15) is 10.8 Å². The van der Waals surface area contributed by atoms with Gasteiger partial charge in [0.2, 0.25) is 0 Å². The highest BCUT2D eigenvalue weighted by Crippen LogP contribution is 2.32. The molecule has 0 N–H and O–H groups in total. The van der Waals surface area contributed by atoms with Crippen molar-refractivity contribution in [3.63, 3.8) is 0 Å². The molecule has 3 nitrogen and oxygen atoms in total. The number of carbonyl (C=O) groups excluding carboxylic acids is 1. The Morgan fingerprint density at radius 1 is 1.26 bits per heavy atom. The van der Waals surface area contributed by atoms with E-state index in [1.165, 1.54) is 0 Å². The fourth-order valence-electron chi connectivity index (χ4n) is 2.00. The van der Waals surface area contributed by atoms with Gasteiger partial charge in [0.05, 0.1) is 11.1 Å². The molecule has 0 aliphatic carbocycles. The van der Waals surface area contributed by atoms with E-state index in [0.717, 1.165) is 17.4 Å². The number of hydrogen-bond donors (Lipinski definition) is 0. The number of hydrogen-bond acceptors (Lipinski definition) is 2. The molecule has 100 valence electrons. The highest BCUT2D eigenvalue weighted by atomic mass is 35.5. The normalized spacial score (nSPS) is 11.6. The SMILES string of the molecule is Cc1ccccc1-c1nn(C(C)(C)C)c(Cl)c1C=O. The Morgan fingerprint density at radius 3 is 2.42 bits per heavy atom. The molecule has 0 spiro atoms. The number of carbonyl (C=O) groups is 1. The van der Waals surface area contributed by atoms with Crippen LogP contribution < -0.4 is 0 Å². The van der Waals surface area contributed by atoms with Crippen LogP contribution in [0.1, 0.15) is 36.7 Å². The Morgan fingerprint density at radius 2 is 1.89 bits per heavy atom. The standard InChI is InChI=1S/C15H17ClN2O/c1-10-7-5-6-8-11(10)13-12(9-19)14(16)18(17-13)15(2,3)4/h5-9H,1-4H3. The third-order valence-electron chi connectivity index (χ3n) is 3.02. The van der Waals surface area contributed by atoms with Crippen LogP contribution in [-0.4, -0.2) is 16.1 Å². The van der Waals surface area contributed by atoms with Crippen LogP contribution in [0.25, 0.3) is 11.3 Å². The van der Waals surface area contributed by atoms with Crippen LogP contribution in [0.4, 0.5) is 0 Å². The van der Waals surface area contributed by atoms with Gasteiger partial charge in [-0.25, -0.2) is 4.68 Å². The minimum Gasteiger partial charge on any atom is -0.298 e. The third kappa shape index (κ3) is 2.43. The predicted molar refractivity (Wildman–Crippen MR) is 77.8 cm³/mol. The maximum atomic E-state index is 11.3. The zero-order valence-corrected chi connectivity index (χ0v) is 12.3. The molecule has 1 aromatic heterocycles. The summed E-state index contributed by atoms with van der Waals surface area (Å²) in [5.41, 5.74) is 2.84. The maximum absolute atomic E-state index is 11.3. The first kappa shape index (κ1) is 13.8. The number of aldehydes is 1. The number of benzene rings is 1. The number of rotatable bonds is 2. The summed E-state index contributed by atoms with van der Waals surface area (Å²) in [6.45, 7) is 8.00. The van der Waals surface area contributed by atoms with Crippen LogP contribution in [0.3, 0.4) is 0 Å². The summed E-state index contributed by atoms with van der Waals surface area (Å²) < 4.78 is 1.69. The molecule has 0 aliphatic rings. The van der Waals surface area contributed by atoms with E-state index in [1.54, 1.807) is 4.68 Å². The lowest BCUT2D eigenvalue weighted by molar-refractivity contribution is 0.112. The van der Waals surface area contributed by atoms with E-state index < -0.39 is 0 Å². The van der Waals surface area contributed by atoms with Crippen molar-refractivity contribution in [1.82, 2.24) is 9.78 Å². The second-order valence-electron chi connectivity index (χ2n) is 5.57. The second-order valence-corrected chi connectivity index (χ2v) is 5.93. The zero-order valence-electron chi connectivity index (χ0n) is 11.6. The monoisotopic (exact) mass is 276 g/mol. The molecule has 0 aliphatic heterocycles. The third-order valence-corrected chi connectivity index (χ3v) is 3.38. The largest absolute Gasteiger partial charge is 0.298 e. The topological polar surface area (TPSA) is 34.9 Å². The van der Waals surface area contributed by atoms with Crippen molar-refractivity contribution < 1.29 is 4.79 Å². The lowest BCUT2D eigenvalue weighted by Crippen LogP contribution is -2.23. The van der Waals surface area contributed by atoms with Crippen molar-refractivity contribution in [3.05, 3.63) is 40.5 Å². The molecule has 19 heavy (non-hydrogen) atoms. The lowest BCUT2D eigenvalue weighted by atomic mass is 10.0. The molecule has 0 amide bonds. The summed E-state index contributed by atoms with van der Waals surface area (Å²) in [7, 11) is 0. The van der Waals surface area contributed by atoms with Crippen LogP contribution in [0.15, 0.2) is 24.3 Å². The zero-order chi connectivity index (χ0) is 14.2. The van der Waals surface area contributed by atoms with Crippen LogP contribution in [0, 0.1) is 6.92 Å². The summed E-state index contributed by atoms with van der Waals surface area (Å²) in [5.74, 6) is 0. The first-order valence-electron chi connectivity index (χ1n) is 6.16. The maximum Gasteiger partial charge on any atom is 0.155 e. The van der Waals surface area contributed by atoms with Gasteiger partial charge in [0, 0.05) is 5.56 Å². The Hall–Kier alpha value is -1.61. The number of aryl methyl sites for hydroxylation is 1. The molecule has 0 bridgehead atoms. The van der Waals surface area contributed by atoms with Crippen molar-refractivity contribution in [2.24, 2.45) is 0 Å². The van der Waals surface area contributed by atoms with Crippen LogP contribution in [-0.2, 0) is 5.54 Å². The van der Waals surface area contributed by atoms with Gasteiger partial charge in [0.25, 0.3) is 0 Å². The van der Waals surface area contributed by atoms with E-state index in [0.29, 0.717) is 16.4 Å². The van der Waals surface area contributed by atoms with E-state index in [9.17, 15) is 4.79 Å². The molecule has 1 aromatic carbocycles. The fourth-order valence-corrected chi connectivity index (χ4v) is 2.42. The van der Waals surface area contributed by atoms with Crippen molar-refractivity contribution in [3.8, 4) is 11.3 Å². The molecule has 0 fully saturated rings. The van der Waals surface area contributed by atoms with Gasteiger partial charge in [-0.15, -0.1) is 0 Å². The van der Waals surface area contributed by atoms with Gasteiger partial charge in [-0.3, -0.25) is 4.79 Å². The quantitative estimate of drug-likeness (QED) is 0.775. The first-order chi connectivity index (χ1) is 8.86. The van der Waals surface area contributed by atoms with Crippen molar-refractivity contribution in [1.29, 1.82) is 0 Å². The molecular weight excluding hydrogens is 260 g/mol. The molecule has 2 aromatic rings. The van der Waals surface area contributed by atoms with Crippen LogP contribution >= 0.6 is 11.6 Å². The molecule has 4 heteroatoms. The average Bonchev–Trinajstić information content (AvgIpc) is 2.66. The summed E-state index contributed by atoms with van der Waals surface area (Å²) in [4.78, 5) is 11.3.